The van der Waals surface area contributed by atoms with Crippen molar-refractivity contribution in [3.63, 3.8) is 0 Å². The number of aromatic amines is 1. The van der Waals surface area contributed by atoms with Crippen molar-refractivity contribution in [1.82, 2.24) is 15.0 Å². The number of nitrogens with one attached hydrogen (secondary N) is 1. The van der Waals surface area contributed by atoms with Crippen LogP contribution >= 0.6 is 0 Å². The lowest BCUT2D eigenvalue weighted by Gasteiger charge is -1.97. The van der Waals surface area contributed by atoms with Crippen LogP contribution in [0.15, 0.2) is 18.0 Å². The molecule has 0 bridgehead atoms. The van der Waals surface area contributed by atoms with E-state index >= 15 is 0 Å². The highest BCUT2D eigenvalue weighted by molar-refractivity contribution is 5.73. The van der Waals surface area contributed by atoms with Crippen LogP contribution in [0.4, 0.5) is 0 Å². The van der Waals surface area contributed by atoms with E-state index in [4.69, 9.17) is 5.73 Å². The summed E-state index contributed by atoms with van der Waals surface area (Å²) in [6.07, 6.45) is 4.43. The van der Waals surface area contributed by atoms with E-state index in [1.165, 1.54) is 0 Å². The Morgan fingerprint density at radius 1 is 1.53 bits per heavy atom. The second kappa shape index (κ2) is 4.57. The summed E-state index contributed by atoms with van der Waals surface area (Å²) < 4.78 is 0. The molecular formula is C13H18N4. The molecule has 90 valence electrons. The van der Waals surface area contributed by atoms with E-state index in [1.807, 2.05) is 19.1 Å². The first-order valence-electron chi connectivity index (χ1n) is 5.92. The van der Waals surface area contributed by atoms with Crippen LogP contribution in [0, 0.1) is 0 Å². The largest absolute Gasteiger partial charge is 0.402 e. The fraction of sp³-hybridized carbons (Fsp3) is 0.385. The van der Waals surface area contributed by atoms with Crippen molar-refractivity contribution in [3.8, 4) is 0 Å². The van der Waals surface area contributed by atoms with Crippen LogP contribution in [0.5, 0.6) is 0 Å². The molecule has 0 aliphatic rings. The molecule has 0 saturated heterocycles. The molecule has 2 aromatic rings. The summed E-state index contributed by atoms with van der Waals surface area (Å²) in [4.78, 5) is 12.1. The number of hydrogen-bond acceptors (Lipinski definition) is 3. The molecule has 0 radical (unpaired) electrons. The molecule has 0 aliphatic heterocycles. The van der Waals surface area contributed by atoms with E-state index in [0.717, 1.165) is 34.7 Å². The number of nitrogens with two attached hydrogens (primary N) is 1. The second-order valence-electron chi connectivity index (χ2n) is 4.48. The molecule has 2 aromatic heterocycles. The average molecular weight is 230 g/mol. The number of nitrogens with zero attached hydrogens (tertiary/aromatic N) is 2. The summed E-state index contributed by atoms with van der Waals surface area (Å²) in [5, 5.41) is 0. The molecule has 2 heterocycles. The quantitative estimate of drug-likeness (QED) is 0.852. The van der Waals surface area contributed by atoms with Crippen molar-refractivity contribution in [1.29, 1.82) is 0 Å². The predicted octanol–water partition coefficient (Wildman–Crippen LogP) is 2.79. The summed E-state index contributed by atoms with van der Waals surface area (Å²) in [7, 11) is 0. The highest BCUT2D eigenvalue weighted by Crippen LogP contribution is 2.18. The lowest BCUT2D eigenvalue weighted by molar-refractivity contribution is 0.835. The first-order chi connectivity index (χ1) is 8.10. The Bertz CT molecular complexity index is 552. The van der Waals surface area contributed by atoms with Crippen molar-refractivity contribution in [2.24, 2.45) is 5.73 Å². The number of rotatable bonds is 3. The van der Waals surface area contributed by atoms with Gasteiger partial charge in [-0.05, 0) is 24.5 Å². The Kier molecular flexibility index (Phi) is 3.13. The fourth-order valence-electron chi connectivity index (χ4n) is 1.61. The van der Waals surface area contributed by atoms with E-state index in [-0.39, 0.29) is 0 Å². The van der Waals surface area contributed by atoms with Crippen LogP contribution in [0.25, 0.3) is 17.2 Å². The molecule has 0 fully saturated rings. The lowest BCUT2D eigenvalue weighted by atomic mass is 10.1. The van der Waals surface area contributed by atoms with Gasteiger partial charge in [-0.25, -0.2) is 9.97 Å². The summed E-state index contributed by atoms with van der Waals surface area (Å²) in [6.45, 7) is 6.30. The van der Waals surface area contributed by atoms with Gasteiger partial charge < -0.3 is 10.7 Å². The molecule has 4 nitrogen and oxygen atoms in total. The van der Waals surface area contributed by atoms with Crippen LogP contribution in [0.2, 0.25) is 0 Å². The maximum atomic E-state index is 5.79. The molecule has 4 heteroatoms. The van der Waals surface area contributed by atoms with Gasteiger partial charge in [0.2, 0.25) is 0 Å². The average Bonchev–Trinajstić information content (AvgIpc) is 2.72. The fourth-order valence-corrected chi connectivity index (χ4v) is 1.61. The van der Waals surface area contributed by atoms with Crippen LogP contribution in [-0.2, 0) is 0 Å². The molecule has 0 aromatic carbocycles. The van der Waals surface area contributed by atoms with E-state index < -0.39 is 0 Å². The first kappa shape index (κ1) is 11.6. The Morgan fingerprint density at radius 3 is 2.94 bits per heavy atom. The minimum absolute atomic E-state index is 0.450. The third kappa shape index (κ3) is 2.46. The Balaban J connectivity index is 2.43. The maximum absolute atomic E-state index is 5.79. The predicted molar refractivity (Wildman–Crippen MR) is 70.4 cm³/mol. The van der Waals surface area contributed by atoms with Gasteiger partial charge in [0, 0.05) is 11.4 Å². The van der Waals surface area contributed by atoms with Crippen molar-refractivity contribution in [2.75, 3.05) is 0 Å². The topological polar surface area (TPSA) is 67.6 Å². The van der Waals surface area contributed by atoms with E-state index in [2.05, 4.69) is 28.8 Å². The highest BCUT2D eigenvalue weighted by Gasteiger charge is 2.06. The van der Waals surface area contributed by atoms with Crippen molar-refractivity contribution in [2.45, 2.75) is 33.1 Å². The second-order valence-corrected chi connectivity index (χ2v) is 4.48. The molecule has 17 heavy (non-hydrogen) atoms. The minimum Gasteiger partial charge on any atom is -0.402 e. The SMILES string of the molecule is CC/C(N)=C/c1cnc2[nH]c(C(C)C)cc2n1. The molecule has 3 N–H and O–H groups in total. The van der Waals surface area contributed by atoms with Gasteiger partial charge >= 0.3 is 0 Å². The van der Waals surface area contributed by atoms with Gasteiger partial charge in [-0.1, -0.05) is 20.8 Å². The van der Waals surface area contributed by atoms with Gasteiger partial charge in [-0.15, -0.1) is 0 Å². The number of hydrogen-bond donors (Lipinski definition) is 2. The zero-order valence-electron chi connectivity index (χ0n) is 10.5. The molecule has 0 atom stereocenters. The van der Waals surface area contributed by atoms with Crippen LogP contribution < -0.4 is 5.73 Å². The van der Waals surface area contributed by atoms with Crippen molar-refractivity contribution >= 4 is 17.2 Å². The Labute approximate surface area is 101 Å². The molecule has 0 saturated carbocycles. The number of H-pyrrole nitrogens is 1. The van der Waals surface area contributed by atoms with Gasteiger partial charge in [-0.3, -0.25) is 0 Å². The Hall–Kier alpha value is -1.84. The summed E-state index contributed by atoms with van der Waals surface area (Å²) in [5.74, 6) is 0.450. The van der Waals surface area contributed by atoms with Crippen LogP contribution in [0.1, 0.15) is 44.5 Å². The summed E-state index contributed by atoms with van der Waals surface area (Å²) in [6, 6.07) is 2.05. The smallest absolute Gasteiger partial charge is 0.156 e. The van der Waals surface area contributed by atoms with Gasteiger partial charge in [0.05, 0.1) is 11.9 Å². The molecule has 0 amide bonds. The van der Waals surface area contributed by atoms with E-state index in [1.54, 1.807) is 6.20 Å². The first-order valence-corrected chi connectivity index (χ1v) is 5.92. The third-order valence-corrected chi connectivity index (χ3v) is 2.74. The number of aromatic nitrogens is 3. The van der Waals surface area contributed by atoms with Crippen LogP contribution in [-0.4, -0.2) is 15.0 Å². The standard InChI is InChI=1S/C13H18N4/c1-4-9(14)5-10-7-15-13-12(16-10)6-11(17-13)8(2)3/h5-8H,4,14H2,1-3H3,(H,15,17)/b9-5-. The maximum Gasteiger partial charge on any atom is 0.156 e. The number of allylic oxidation sites excluding steroid dienone is 1. The summed E-state index contributed by atoms with van der Waals surface area (Å²) >= 11 is 0. The third-order valence-electron chi connectivity index (χ3n) is 2.74. The normalized spacial score (nSPS) is 12.6. The molecule has 0 spiro atoms. The zero-order chi connectivity index (χ0) is 12.4. The molecule has 0 aliphatic carbocycles. The van der Waals surface area contributed by atoms with Gasteiger partial charge in [0.1, 0.15) is 5.52 Å². The van der Waals surface area contributed by atoms with Gasteiger partial charge in [-0.2, -0.15) is 0 Å². The van der Waals surface area contributed by atoms with Crippen molar-refractivity contribution in [3.05, 3.63) is 29.3 Å². The molecule has 2 rings (SSSR count). The minimum atomic E-state index is 0.450. The van der Waals surface area contributed by atoms with Crippen molar-refractivity contribution < 1.29 is 0 Å². The monoisotopic (exact) mass is 230 g/mol. The Morgan fingerprint density at radius 2 is 2.29 bits per heavy atom. The molecular weight excluding hydrogens is 212 g/mol. The zero-order valence-corrected chi connectivity index (χ0v) is 10.5. The van der Waals surface area contributed by atoms with Crippen LogP contribution in [0.3, 0.4) is 0 Å². The lowest BCUT2D eigenvalue weighted by Crippen LogP contribution is -1.95. The van der Waals surface area contributed by atoms with Gasteiger partial charge in [0.25, 0.3) is 0 Å². The van der Waals surface area contributed by atoms with E-state index in [9.17, 15) is 0 Å². The van der Waals surface area contributed by atoms with E-state index in [0.29, 0.717) is 5.92 Å². The molecule has 0 unspecified atom stereocenters. The highest BCUT2D eigenvalue weighted by atomic mass is 14.9. The summed E-state index contributed by atoms with van der Waals surface area (Å²) in [5.41, 5.74) is 10.3. The van der Waals surface area contributed by atoms with Gasteiger partial charge in [0.15, 0.2) is 5.65 Å². The number of fused-ring (bicyclic) bond motifs is 1.